The topological polar surface area (TPSA) is 22.9 Å². The molecule has 0 atom stereocenters. The summed E-state index contributed by atoms with van der Waals surface area (Å²) in [4.78, 5) is 4.52. The van der Waals surface area contributed by atoms with E-state index in [2.05, 4.69) is 120 Å². The predicted octanol–water partition coefficient (Wildman–Crippen LogP) is 6.80. The zero-order valence-corrected chi connectivity index (χ0v) is 22.3. The van der Waals surface area contributed by atoms with Crippen molar-refractivity contribution in [1.29, 1.82) is 0 Å². The first-order valence-electron chi connectivity index (χ1n) is 11.6. The largest absolute Gasteiger partial charge is 0.657 e. The van der Waals surface area contributed by atoms with Crippen molar-refractivity contribution in [3.8, 4) is 11.4 Å². The fourth-order valence-electron chi connectivity index (χ4n) is 4.12. The normalized spacial score (nSPS) is 11.1. The zero-order valence-electron chi connectivity index (χ0n) is 20.1. The summed E-state index contributed by atoms with van der Waals surface area (Å²) in [5.41, 5.74) is 5.71. The van der Waals surface area contributed by atoms with Crippen LogP contribution in [0.25, 0.3) is 33.2 Å². The fourth-order valence-corrected chi connectivity index (χ4v) is 4.12. The third-order valence-corrected chi connectivity index (χ3v) is 5.86. The Balaban J connectivity index is 0.000000177. The maximum absolute atomic E-state index is 4.52. The maximum Gasteiger partial charge on any atom is 0.269 e. The molecule has 4 heteroatoms. The third kappa shape index (κ3) is 5.33. The first kappa shape index (κ1) is 24.7. The third-order valence-electron chi connectivity index (χ3n) is 5.86. The summed E-state index contributed by atoms with van der Waals surface area (Å²) in [6, 6.07) is 37.2. The molecule has 179 valence electrons. The van der Waals surface area contributed by atoms with E-state index in [4.69, 9.17) is 0 Å². The molecule has 0 N–H and O–H groups in total. The zero-order chi connectivity index (χ0) is 23.5. The number of para-hydroxylation sites is 4. The average Bonchev–Trinajstić information content (AvgIpc) is 3.48. The summed E-state index contributed by atoms with van der Waals surface area (Å²) in [6.07, 6.45) is 5.62. The van der Waals surface area contributed by atoms with Crippen molar-refractivity contribution in [3.05, 3.63) is 127 Å². The van der Waals surface area contributed by atoms with Crippen LogP contribution in [0.4, 0.5) is 0 Å². The van der Waals surface area contributed by atoms with Crippen molar-refractivity contribution in [2.45, 2.75) is 26.2 Å². The molecule has 35 heavy (non-hydrogen) atoms. The van der Waals surface area contributed by atoms with Gasteiger partial charge in [-0.25, -0.2) is 0 Å². The summed E-state index contributed by atoms with van der Waals surface area (Å²) in [6.45, 7) is 6.68. The van der Waals surface area contributed by atoms with E-state index in [0.717, 1.165) is 22.4 Å². The number of nitrogens with zero attached hydrogens (tertiary/aromatic N) is 3. The van der Waals surface area contributed by atoms with Crippen LogP contribution >= 0.6 is 0 Å². The molecule has 0 spiro atoms. The van der Waals surface area contributed by atoms with E-state index < -0.39 is 0 Å². The van der Waals surface area contributed by atoms with E-state index in [0.29, 0.717) is 0 Å². The van der Waals surface area contributed by atoms with Crippen LogP contribution in [0.5, 0.6) is 0 Å². The minimum atomic E-state index is 0. The molecule has 0 amide bonds. The van der Waals surface area contributed by atoms with Gasteiger partial charge in [-0.15, -0.1) is 11.0 Å². The Morgan fingerprint density at radius 3 is 1.69 bits per heavy atom. The van der Waals surface area contributed by atoms with Crippen LogP contribution in [-0.4, -0.2) is 4.57 Å². The molecule has 2 heterocycles. The number of aromatic nitrogens is 3. The predicted molar refractivity (Wildman–Crippen MR) is 140 cm³/mol. The molecule has 0 aliphatic carbocycles. The Bertz CT molecular complexity index is 1470. The second kappa shape index (κ2) is 10.5. The molecule has 0 aliphatic heterocycles. The van der Waals surface area contributed by atoms with Crippen LogP contribution in [0.2, 0.25) is 0 Å². The van der Waals surface area contributed by atoms with E-state index in [1.54, 1.807) is 0 Å². The van der Waals surface area contributed by atoms with Gasteiger partial charge in [0.1, 0.15) is 0 Å². The van der Waals surface area contributed by atoms with Gasteiger partial charge in [-0.05, 0) is 40.5 Å². The molecule has 0 saturated carbocycles. The molecule has 0 saturated heterocycles. The summed E-state index contributed by atoms with van der Waals surface area (Å²) in [5, 5.41) is 2.50. The summed E-state index contributed by atoms with van der Waals surface area (Å²) >= 11 is 0. The molecule has 2 aromatic heterocycles. The quantitative estimate of drug-likeness (QED) is 0.116. The molecule has 4 aromatic carbocycles. The van der Waals surface area contributed by atoms with Crippen molar-refractivity contribution in [1.82, 2.24) is 9.55 Å². The number of fused-ring (bicyclic) bond motifs is 3. The molecular formula is C31H28AuN3-. The summed E-state index contributed by atoms with van der Waals surface area (Å²) < 4.78 is 4.21. The van der Waals surface area contributed by atoms with Gasteiger partial charge in [0.15, 0.2) is 0 Å². The van der Waals surface area contributed by atoms with Gasteiger partial charge < -0.3 is 4.98 Å². The van der Waals surface area contributed by atoms with Crippen LogP contribution in [0.1, 0.15) is 26.5 Å². The summed E-state index contributed by atoms with van der Waals surface area (Å²) in [5.74, 6) is 0. The van der Waals surface area contributed by atoms with Gasteiger partial charge in [-0.2, -0.15) is 0 Å². The van der Waals surface area contributed by atoms with Crippen LogP contribution in [0.3, 0.4) is 0 Å². The number of hydrogen-bond acceptors (Lipinski definition) is 0. The number of hydrogen-bond donors (Lipinski definition) is 0. The Hall–Kier alpha value is -3.37. The first-order valence-corrected chi connectivity index (χ1v) is 11.6. The van der Waals surface area contributed by atoms with Crippen molar-refractivity contribution < 1.29 is 26.9 Å². The number of rotatable bonds is 2. The molecule has 1 radical (unpaired) electrons. The Morgan fingerprint density at radius 1 is 0.657 bits per heavy atom. The molecule has 0 aliphatic rings. The van der Waals surface area contributed by atoms with Crippen molar-refractivity contribution >= 4 is 21.8 Å². The molecule has 0 bridgehead atoms. The number of benzene rings is 4. The van der Waals surface area contributed by atoms with Crippen molar-refractivity contribution in [2.75, 3.05) is 0 Å². The Kier molecular flexibility index (Phi) is 7.42. The van der Waals surface area contributed by atoms with Crippen LogP contribution in [-0.2, 0) is 27.8 Å². The van der Waals surface area contributed by atoms with E-state index in [9.17, 15) is 0 Å². The van der Waals surface area contributed by atoms with Gasteiger partial charge in [0, 0.05) is 28.6 Å². The van der Waals surface area contributed by atoms with Gasteiger partial charge in [0.2, 0.25) is 0 Å². The fraction of sp³-hybridized carbons (Fsp3) is 0.129. The molecule has 0 fully saturated rings. The smallest absolute Gasteiger partial charge is 0.269 e. The van der Waals surface area contributed by atoms with Gasteiger partial charge in [-0.1, -0.05) is 106 Å². The molecule has 0 unspecified atom stereocenters. The van der Waals surface area contributed by atoms with Gasteiger partial charge in [-0.3, -0.25) is 9.13 Å². The molecule has 6 rings (SSSR count). The van der Waals surface area contributed by atoms with Crippen molar-refractivity contribution in [3.63, 3.8) is 0 Å². The minimum Gasteiger partial charge on any atom is -0.657 e. The van der Waals surface area contributed by atoms with Crippen molar-refractivity contribution in [2.24, 2.45) is 0 Å². The van der Waals surface area contributed by atoms with Gasteiger partial charge in [0.05, 0.1) is 17.1 Å². The maximum atomic E-state index is 4.52. The van der Waals surface area contributed by atoms with E-state index in [-0.39, 0.29) is 27.8 Å². The standard InChI is InChI=1S/C19H20N2.C12H8N.Au/c1-19(2,3)18-14-20(16-10-6-4-7-11-16)15-21(18)17-12-8-5-9-13-17;1-3-7-11-9(5-1)10-6-2-4-8-12(10)13-11;/h4-14H,1-3H3;1-8H;/q;-1;. The van der Waals surface area contributed by atoms with Crippen LogP contribution in [0, 0.1) is 6.33 Å². The first-order chi connectivity index (χ1) is 16.5. The van der Waals surface area contributed by atoms with Crippen LogP contribution in [0.15, 0.2) is 115 Å². The van der Waals surface area contributed by atoms with E-state index >= 15 is 0 Å². The second-order valence-corrected chi connectivity index (χ2v) is 9.39. The molecule has 3 nitrogen and oxygen atoms in total. The van der Waals surface area contributed by atoms with Crippen LogP contribution < -0.4 is 9.55 Å². The van der Waals surface area contributed by atoms with Gasteiger partial charge in [0.25, 0.3) is 6.33 Å². The molecule has 6 aromatic rings. The minimum absolute atomic E-state index is 0. The average molecular weight is 640 g/mol. The van der Waals surface area contributed by atoms with Gasteiger partial charge >= 0.3 is 0 Å². The van der Waals surface area contributed by atoms with E-state index in [1.807, 2.05) is 36.4 Å². The Labute approximate surface area is 222 Å². The molecular weight excluding hydrogens is 611 g/mol. The van der Waals surface area contributed by atoms with E-state index in [1.165, 1.54) is 16.5 Å². The SMILES string of the molecule is CC(C)(C)c1cn(-c2ccccc2)[c-][n+]1-c1ccccc1.[Au].c1ccc2c(c1)[n-]c1ccccc12. The monoisotopic (exact) mass is 639 g/mol. The number of imidazole rings is 1. The second-order valence-electron chi connectivity index (χ2n) is 9.39. The summed E-state index contributed by atoms with van der Waals surface area (Å²) in [7, 11) is 0. The Morgan fingerprint density at radius 2 is 1.14 bits per heavy atom.